The highest BCUT2D eigenvalue weighted by atomic mass is 16.6. The number of hydrogen-bond donors (Lipinski definition) is 2. The Labute approximate surface area is 126 Å². The van der Waals surface area contributed by atoms with Gasteiger partial charge in [-0.05, 0) is 24.6 Å². The predicted molar refractivity (Wildman–Crippen MR) is 84.0 cm³/mol. The number of amides is 2. The third-order valence-electron chi connectivity index (χ3n) is 2.90. The molecule has 0 fully saturated rings. The van der Waals surface area contributed by atoms with Crippen LogP contribution in [0.4, 0.5) is 16.2 Å². The van der Waals surface area contributed by atoms with Crippen molar-refractivity contribution in [1.29, 1.82) is 0 Å². The van der Waals surface area contributed by atoms with Gasteiger partial charge in [-0.1, -0.05) is 30.3 Å². The minimum absolute atomic E-state index is 0.0765. The lowest BCUT2D eigenvalue weighted by Crippen LogP contribution is -2.24. The fourth-order valence-electron chi connectivity index (χ4n) is 1.79. The van der Waals surface area contributed by atoms with E-state index in [-0.39, 0.29) is 5.69 Å². The summed E-state index contributed by atoms with van der Waals surface area (Å²) in [6, 6.07) is 12.9. The highest BCUT2D eigenvalue weighted by molar-refractivity contribution is 5.91. The van der Waals surface area contributed by atoms with Crippen molar-refractivity contribution in [2.75, 3.05) is 5.32 Å². The molecule has 2 amide bonds. The standard InChI is InChI=1S/C15H14N4O3/c1-11-6-2-4-8-13(11)17-15(20)18-16-10-12-7-3-5-9-14(12)19(21)22/h2-10H,1H3,(H2,17,18,20)/b16-10-. The Morgan fingerprint density at radius 1 is 1.18 bits per heavy atom. The van der Waals surface area contributed by atoms with E-state index in [0.717, 1.165) is 5.56 Å². The van der Waals surface area contributed by atoms with E-state index in [1.54, 1.807) is 30.3 Å². The highest BCUT2D eigenvalue weighted by Gasteiger charge is 2.10. The van der Waals surface area contributed by atoms with Gasteiger partial charge in [0.15, 0.2) is 0 Å². The Morgan fingerprint density at radius 3 is 2.59 bits per heavy atom. The van der Waals surface area contributed by atoms with Gasteiger partial charge in [0.1, 0.15) is 0 Å². The van der Waals surface area contributed by atoms with Crippen LogP contribution < -0.4 is 10.7 Å². The minimum Gasteiger partial charge on any atom is -0.306 e. The number of rotatable bonds is 4. The molecule has 2 rings (SSSR count). The van der Waals surface area contributed by atoms with E-state index < -0.39 is 11.0 Å². The number of carbonyl (C=O) groups excluding carboxylic acids is 1. The van der Waals surface area contributed by atoms with Crippen molar-refractivity contribution in [2.24, 2.45) is 5.10 Å². The Bertz CT molecular complexity index is 728. The highest BCUT2D eigenvalue weighted by Crippen LogP contribution is 2.15. The first-order chi connectivity index (χ1) is 10.6. The van der Waals surface area contributed by atoms with Crippen LogP contribution in [0.2, 0.25) is 0 Å². The van der Waals surface area contributed by atoms with Crippen LogP contribution in [0.15, 0.2) is 53.6 Å². The Kier molecular flexibility index (Phi) is 4.81. The first-order valence-corrected chi connectivity index (χ1v) is 6.47. The second kappa shape index (κ2) is 6.98. The van der Waals surface area contributed by atoms with Crippen molar-refractivity contribution in [3.05, 3.63) is 69.8 Å². The Hall–Kier alpha value is -3.22. The molecule has 112 valence electrons. The van der Waals surface area contributed by atoms with Crippen LogP contribution in [0.3, 0.4) is 0 Å². The number of nitrogens with zero attached hydrogens (tertiary/aromatic N) is 2. The van der Waals surface area contributed by atoms with Gasteiger partial charge >= 0.3 is 6.03 Å². The van der Waals surface area contributed by atoms with Gasteiger partial charge in [0.25, 0.3) is 5.69 Å². The molecule has 2 aromatic carbocycles. The third-order valence-corrected chi connectivity index (χ3v) is 2.90. The van der Waals surface area contributed by atoms with Gasteiger partial charge < -0.3 is 5.32 Å². The molecule has 0 aliphatic rings. The summed E-state index contributed by atoms with van der Waals surface area (Å²) in [5.41, 5.74) is 4.09. The van der Waals surface area contributed by atoms with Crippen molar-refractivity contribution < 1.29 is 9.72 Å². The quantitative estimate of drug-likeness (QED) is 0.515. The van der Waals surface area contributed by atoms with Gasteiger partial charge in [-0.25, -0.2) is 10.2 Å². The summed E-state index contributed by atoms with van der Waals surface area (Å²) in [5, 5.41) is 17.2. The van der Waals surface area contributed by atoms with Crippen LogP contribution in [-0.4, -0.2) is 17.2 Å². The Morgan fingerprint density at radius 2 is 1.86 bits per heavy atom. The predicted octanol–water partition coefficient (Wildman–Crippen LogP) is 3.06. The summed E-state index contributed by atoms with van der Waals surface area (Å²) in [5.74, 6) is 0. The zero-order valence-corrected chi connectivity index (χ0v) is 11.8. The maximum absolute atomic E-state index is 11.7. The molecule has 2 aromatic rings. The summed E-state index contributed by atoms with van der Waals surface area (Å²) in [4.78, 5) is 22.0. The lowest BCUT2D eigenvalue weighted by Gasteiger charge is -2.06. The number of carbonyl (C=O) groups is 1. The molecule has 0 spiro atoms. The molecule has 0 saturated heterocycles. The fraction of sp³-hybridized carbons (Fsp3) is 0.0667. The molecule has 0 aliphatic carbocycles. The first-order valence-electron chi connectivity index (χ1n) is 6.47. The topological polar surface area (TPSA) is 96.6 Å². The molecular weight excluding hydrogens is 284 g/mol. The number of aryl methyl sites for hydroxylation is 1. The summed E-state index contributed by atoms with van der Waals surface area (Å²) in [6.07, 6.45) is 1.23. The molecule has 0 saturated carbocycles. The summed E-state index contributed by atoms with van der Waals surface area (Å²) in [7, 11) is 0. The first kappa shape index (κ1) is 15.2. The van der Waals surface area contributed by atoms with Crippen LogP contribution in [0.25, 0.3) is 0 Å². The van der Waals surface area contributed by atoms with Gasteiger partial charge in [-0.15, -0.1) is 0 Å². The van der Waals surface area contributed by atoms with Crippen molar-refractivity contribution in [3.8, 4) is 0 Å². The number of nitrogens with one attached hydrogen (secondary N) is 2. The van der Waals surface area contributed by atoms with E-state index in [2.05, 4.69) is 15.8 Å². The molecule has 7 heteroatoms. The van der Waals surface area contributed by atoms with Crippen molar-refractivity contribution in [1.82, 2.24) is 5.43 Å². The fourth-order valence-corrected chi connectivity index (χ4v) is 1.79. The van der Waals surface area contributed by atoms with Crippen LogP contribution in [0, 0.1) is 17.0 Å². The van der Waals surface area contributed by atoms with Crippen LogP contribution >= 0.6 is 0 Å². The van der Waals surface area contributed by atoms with E-state index in [1.807, 2.05) is 19.1 Å². The maximum atomic E-state index is 11.7. The zero-order valence-electron chi connectivity index (χ0n) is 11.8. The molecule has 2 N–H and O–H groups in total. The SMILES string of the molecule is Cc1ccccc1NC(=O)N/N=C\c1ccccc1[N+](=O)[O-]. The van der Waals surface area contributed by atoms with E-state index in [9.17, 15) is 14.9 Å². The molecule has 0 aromatic heterocycles. The van der Waals surface area contributed by atoms with E-state index in [4.69, 9.17) is 0 Å². The number of anilines is 1. The normalized spacial score (nSPS) is 10.4. The molecule has 0 aliphatic heterocycles. The van der Waals surface area contributed by atoms with Gasteiger partial charge in [0.05, 0.1) is 16.7 Å². The largest absolute Gasteiger partial charge is 0.339 e. The second-order valence-corrected chi connectivity index (χ2v) is 4.45. The lowest BCUT2D eigenvalue weighted by atomic mass is 10.2. The number of hydrogen-bond acceptors (Lipinski definition) is 4. The Balaban J connectivity index is 2.00. The minimum atomic E-state index is -0.524. The van der Waals surface area contributed by atoms with Crippen molar-refractivity contribution >= 4 is 23.6 Å². The number of hydrazone groups is 1. The van der Waals surface area contributed by atoms with Crippen LogP contribution in [-0.2, 0) is 0 Å². The number of nitro groups is 1. The molecule has 7 nitrogen and oxygen atoms in total. The lowest BCUT2D eigenvalue weighted by molar-refractivity contribution is -0.385. The maximum Gasteiger partial charge on any atom is 0.339 e. The molecule has 0 unspecified atom stereocenters. The van der Waals surface area contributed by atoms with Crippen LogP contribution in [0.5, 0.6) is 0 Å². The zero-order chi connectivity index (χ0) is 15.9. The summed E-state index contributed by atoms with van der Waals surface area (Å²) in [6.45, 7) is 1.87. The van der Waals surface area contributed by atoms with Gasteiger partial charge in [0.2, 0.25) is 0 Å². The number of benzene rings is 2. The average molecular weight is 298 g/mol. The molecule has 0 atom stereocenters. The van der Waals surface area contributed by atoms with Gasteiger partial charge in [-0.2, -0.15) is 5.10 Å². The summed E-state index contributed by atoms with van der Waals surface area (Å²) < 4.78 is 0. The number of para-hydroxylation sites is 2. The van der Waals surface area contributed by atoms with E-state index in [1.165, 1.54) is 12.3 Å². The molecule has 22 heavy (non-hydrogen) atoms. The van der Waals surface area contributed by atoms with Crippen molar-refractivity contribution in [3.63, 3.8) is 0 Å². The van der Waals surface area contributed by atoms with Gasteiger partial charge in [0, 0.05) is 11.8 Å². The van der Waals surface area contributed by atoms with Crippen molar-refractivity contribution in [2.45, 2.75) is 6.92 Å². The van der Waals surface area contributed by atoms with Crippen LogP contribution in [0.1, 0.15) is 11.1 Å². The number of urea groups is 1. The summed E-state index contributed by atoms with van der Waals surface area (Å²) >= 11 is 0. The third kappa shape index (κ3) is 3.89. The van der Waals surface area contributed by atoms with E-state index in [0.29, 0.717) is 11.3 Å². The van der Waals surface area contributed by atoms with E-state index >= 15 is 0 Å². The smallest absolute Gasteiger partial charge is 0.306 e. The average Bonchev–Trinajstić information content (AvgIpc) is 2.50. The van der Waals surface area contributed by atoms with Gasteiger partial charge in [-0.3, -0.25) is 10.1 Å². The monoisotopic (exact) mass is 298 g/mol. The molecule has 0 heterocycles. The second-order valence-electron chi connectivity index (χ2n) is 4.45. The number of nitro benzene ring substituents is 1. The molecular formula is C15H14N4O3. The molecule has 0 radical (unpaired) electrons. The molecule has 0 bridgehead atoms.